The molecule has 0 fully saturated rings. The van der Waals surface area contributed by atoms with Crippen LogP contribution in [-0.2, 0) is 23.8 Å². The van der Waals surface area contributed by atoms with Gasteiger partial charge in [0, 0.05) is 29.3 Å². The highest BCUT2D eigenvalue weighted by molar-refractivity contribution is 5.63. The first-order valence-corrected chi connectivity index (χ1v) is 14.6. The number of aryl methyl sites for hydroxylation is 1. The summed E-state index contributed by atoms with van der Waals surface area (Å²) >= 11 is 0. The second kappa shape index (κ2) is 13.2. The lowest BCUT2D eigenvalue weighted by Gasteiger charge is -2.29. The zero-order valence-electron chi connectivity index (χ0n) is 25.0. The van der Waals surface area contributed by atoms with E-state index in [1.165, 1.54) is 67.2 Å². The molecule has 3 rings (SSSR count). The van der Waals surface area contributed by atoms with Crippen LogP contribution in [0.25, 0.3) is 0 Å². The molecule has 3 aromatic rings. The maximum absolute atomic E-state index is 6.63. The molecule has 0 aromatic heterocycles. The normalized spacial score (nSPS) is 12.0. The molecule has 3 nitrogen and oxygen atoms in total. The van der Waals surface area contributed by atoms with Crippen LogP contribution in [0.15, 0.2) is 60.7 Å². The zero-order valence-corrected chi connectivity index (χ0v) is 25.0. The maximum Gasteiger partial charge on any atom is 0.0401 e. The van der Waals surface area contributed by atoms with E-state index in [0.29, 0.717) is 0 Å². The highest BCUT2D eigenvalue weighted by Gasteiger charge is 2.25. The van der Waals surface area contributed by atoms with Gasteiger partial charge >= 0.3 is 0 Å². The summed E-state index contributed by atoms with van der Waals surface area (Å²) in [6.07, 6.45) is 9.24. The third kappa shape index (κ3) is 8.82. The van der Waals surface area contributed by atoms with Crippen LogP contribution in [0.5, 0.6) is 0 Å². The Morgan fingerprint density at radius 3 is 1.61 bits per heavy atom. The van der Waals surface area contributed by atoms with E-state index in [0.717, 1.165) is 29.3 Å². The summed E-state index contributed by atoms with van der Waals surface area (Å²) in [6, 6.07) is 22.0. The molecule has 0 bridgehead atoms. The topological polar surface area (TPSA) is 50.1 Å². The Labute approximate surface area is 232 Å². The predicted molar refractivity (Wildman–Crippen MR) is 169 cm³/mol. The Bertz CT molecular complexity index is 1090. The molecule has 38 heavy (non-hydrogen) atoms. The summed E-state index contributed by atoms with van der Waals surface area (Å²) in [6.45, 7) is 16.4. The van der Waals surface area contributed by atoms with Gasteiger partial charge in [0.2, 0.25) is 0 Å². The van der Waals surface area contributed by atoms with Crippen molar-refractivity contribution >= 4 is 22.7 Å². The highest BCUT2D eigenvalue weighted by atomic mass is 14.9. The minimum Gasteiger partial charge on any atom is -0.398 e. The number of anilines is 4. The first-order valence-electron chi connectivity index (χ1n) is 14.6. The van der Waals surface area contributed by atoms with Crippen molar-refractivity contribution in [1.29, 1.82) is 0 Å². The van der Waals surface area contributed by atoms with Crippen LogP contribution in [0.2, 0.25) is 0 Å². The molecule has 4 N–H and O–H groups in total. The number of rotatable bonds is 12. The number of benzene rings is 3. The lowest BCUT2D eigenvalue weighted by molar-refractivity contribution is 0.571. The van der Waals surface area contributed by atoms with E-state index in [4.69, 9.17) is 5.73 Å². The Hall–Kier alpha value is -2.94. The number of hydrogen-bond acceptors (Lipinski definition) is 3. The monoisotopic (exact) mass is 513 g/mol. The van der Waals surface area contributed by atoms with E-state index < -0.39 is 0 Å². The molecular weight excluding hydrogens is 462 g/mol. The molecule has 0 saturated heterocycles. The number of hydrogen-bond donors (Lipinski definition) is 3. The summed E-state index contributed by atoms with van der Waals surface area (Å²) in [7, 11) is 0. The minimum atomic E-state index is -0.000140. The van der Waals surface area contributed by atoms with Gasteiger partial charge in [-0.15, -0.1) is 0 Å². The summed E-state index contributed by atoms with van der Waals surface area (Å²) in [4.78, 5) is 0. The van der Waals surface area contributed by atoms with Gasteiger partial charge in [-0.25, -0.2) is 0 Å². The van der Waals surface area contributed by atoms with E-state index in [9.17, 15) is 0 Å². The van der Waals surface area contributed by atoms with Crippen LogP contribution in [0.4, 0.5) is 22.7 Å². The van der Waals surface area contributed by atoms with Crippen LogP contribution in [0.3, 0.4) is 0 Å². The van der Waals surface area contributed by atoms with E-state index in [-0.39, 0.29) is 10.8 Å². The lowest BCUT2D eigenvalue weighted by atomic mass is 9.78. The van der Waals surface area contributed by atoms with Gasteiger partial charge in [0.05, 0.1) is 0 Å². The summed E-state index contributed by atoms with van der Waals surface area (Å²) in [5, 5.41) is 7.14. The first-order chi connectivity index (χ1) is 18.0. The average molecular weight is 514 g/mol. The molecule has 0 heterocycles. The molecule has 0 aliphatic heterocycles. The van der Waals surface area contributed by atoms with Crippen molar-refractivity contribution in [2.45, 2.75) is 111 Å². The standard InChI is InChI=1S/C35H51N3/c1-8-9-10-11-12-13-14-26-15-17-29(18-16-26)38-30-21-19-28(20-22-30)37-25-27-23-31(34(2,3)4)33(36)32(24-27)35(5,6)7/h15-24,37-38H,8-14,25,36H2,1-7H3. The van der Waals surface area contributed by atoms with Crippen molar-refractivity contribution in [2.24, 2.45) is 0 Å². The van der Waals surface area contributed by atoms with Crippen molar-refractivity contribution in [3.05, 3.63) is 82.9 Å². The average Bonchev–Trinajstić information content (AvgIpc) is 2.86. The summed E-state index contributed by atoms with van der Waals surface area (Å²) < 4.78 is 0. The molecule has 0 aliphatic carbocycles. The van der Waals surface area contributed by atoms with Crippen molar-refractivity contribution < 1.29 is 0 Å². The van der Waals surface area contributed by atoms with Crippen LogP contribution in [-0.4, -0.2) is 0 Å². The molecule has 3 aromatic carbocycles. The van der Waals surface area contributed by atoms with Gasteiger partial charge in [-0.3, -0.25) is 0 Å². The van der Waals surface area contributed by atoms with Crippen LogP contribution in [0, 0.1) is 0 Å². The number of unbranched alkanes of at least 4 members (excludes halogenated alkanes) is 5. The van der Waals surface area contributed by atoms with Gasteiger partial charge < -0.3 is 16.4 Å². The van der Waals surface area contributed by atoms with Crippen LogP contribution in [0.1, 0.15) is 109 Å². The van der Waals surface area contributed by atoms with Crippen molar-refractivity contribution in [3.63, 3.8) is 0 Å². The predicted octanol–water partition coefficient (Wildman–Crippen LogP) is 10.1. The second-order valence-electron chi connectivity index (χ2n) is 12.9. The van der Waals surface area contributed by atoms with Gasteiger partial charge in [-0.05, 0) is 82.3 Å². The Morgan fingerprint density at radius 1 is 0.605 bits per heavy atom. The second-order valence-corrected chi connectivity index (χ2v) is 12.9. The van der Waals surface area contributed by atoms with E-state index in [2.05, 4.69) is 120 Å². The lowest BCUT2D eigenvalue weighted by Crippen LogP contribution is -2.21. The molecule has 0 amide bonds. The zero-order chi connectivity index (χ0) is 27.8. The molecule has 0 saturated carbocycles. The summed E-state index contributed by atoms with van der Waals surface area (Å²) in [5.41, 5.74) is 16.0. The van der Waals surface area contributed by atoms with Gasteiger partial charge in [0.25, 0.3) is 0 Å². The molecule has 206 valence electrons. The Balaban J connectivity index is 1.56. The third-order valence-corrected chi connectivity index (χ3v) is 7.30. The van der Waals surface area contributed by atoms with Crippen molar-refractivity contribution in [1.82, 2.24) is 0 Å². The Morgan fingerprint density at radius 2 is 1.08 bits per heavy atom. The molecule has 0 aliphatic rings. The number of nitrogens with two attached hydrogens (primary N) is 1. The van der Waals surface area contributed by atoms with Gasteiger partial charge in [0.15, 0.2) is 0 Å². The fourth-order valence-corrected chi connectivity index (χ4v) is 4.96. The van der Waals surface area contributed by atoms with Crippen molar-refractivity contribution in [2.75, 3.05) is 16.4 Å². The van der Waals surface area contributed by atoms with Gasteiger partial charge in [-0.2, -0.15) is 0 Å². The maximum atomic E-state index is 6.63. The smallest absolute Gasteiger partial charge is 0.0401 e. The number of nitrogens with one attached hydrogen (secondary N) is 2. The quantitative estimate of drug-likeness (QED) is 0.167. The molecule has 0 radical (unpaired) electrons. The minimum absolute atomic E-state index is 0.000140. The van der Waals surface area contributed by atoms with E-state index in [1.54, 1.807) is 0 Å². The molecule has 0 atom stereocenters. The Kier molecular flexibility index (Phi) is 10.3. The molecule has 0 unspecified atom stereocenters. The van der Waals surface area contributed by atoms with Crippen LogP contribution >= 0.6 is 0 Å². The van der Waals surface area contributed by atoms with E-state index in [1.807, 2.05) is 0 Å². The highest BCUT2D eigenvalue weighted by Crippen LogP contribution is 2.37. The molecule has 3 heteroatoms. The van der Waals surface area contributed by atoms with E-state index >= 15 is 0 Å². The van der Waals surface area contributed by atoms with Gasteiger partial charge in [0.1, 0.15) is 0 Å². The van der Waals surface area contributed by atoms with Crippen LogP contribution < -0.4 is 16.4 Å². The third-order valence-electron chi connectivity index (χ3n) is 7.30. The molecule has 0 spiro atoms. The molecular formula is C35H51N3. The largest absolute Gasteiger partial charge is 0.398 e. The number of nitrogen functional groups attached to an aromatic ring is 1. The first kappa shape index (κ1) is 29.6. The fourth-order valence-electron chi connectivity index (χ4n) is 4.96. The van der Waals surface area contributed by atoms with Crippen molar-refractivity contribution in [3.8, 4) is 0 Å². The van der Waals surface area contributed by atoms with Gasteiger partial charge in [-0.1, -0.05) is 105 Å². The SMILES string of the molecule is CCCCCCCCc1ccc(Nc2ccc(NCc3cc(C(C)(C)C)c(N)c(C(C)(C)C)c3)cc2)cc1. The fraction of sp³-hybridized carbons (Fsp3) is 0.486. The summed E-state index contributed by atoms with van der Waals surface area (Å²) in [5.74, 6) is 0.